The number of hydrogen-bond donors (Lipinski definition) is 2. The van der Waals surface area contributed by atoms with Gasteiger partial charge in [-0.1, -0.05) is 12.8 Å². The van der Waals surface area contributed by atoms with E-state index in [9.17, 15) is 9.59 Å². The Bertz CT molecular complexity index is 650. The zero-order valence-corrected chi connectivity index (χ0v) is 16.1. The summed E-state index contributed by atoms with van der Waals surface area (Å²) in [5.41, 5.74) is 1.96. The first kappa shape index (κ1) is 18.9. The van der Waals surface area contributed by atoms with Gasteiger partial charge in [0.05, 0.1) is 18.1 Å². The number of carbonyl (C=O) groups is 2. The van der Waals surface area contributed by atoms with Gasteiger partial charge >= 0.3 is 0 Å². The Morgan fingerprint density at radius 2 is 2.00 bits per heavy atom. The Labute approximate surface area is 155 Å². The Balaban J connectivity index is 1.61. The number of aryl methyl sites for hydroxylation is 1. The normalized spacial score (nSPS) is 24.1. The lowest BCUT2D eigenvalue weighted by Gasteiger charge is -2.29. The van der Waals surface area contributed by atoms with E-state index >= 15 is 0 Å². The quantitative estimate of drug-likeness (QED) is 0.796. The van der Waals surface area contributed by atoms with Crippen molar-refractivity contribution < 1.29 is 9.59 Å². The maximum Gasteiger partial charge on any atom is 0.240 e. The molecule has 1 saturated heterocycles. The Morgan fingerprint density at radius 3 is 2.62 bits per heavy atom. The van der Waals surface area contributed by atoms with Gasteiger partial charge in [-0.25, -0.2) is 4.98 Å². The van der Waals surface area contributed by atoms with Gasteiger partial charge in [-0.2, -0.15) is 0 Å². The molecule has 2 heterocycles. The van der Waals surface area contributed by atoms with Crippen LogP contribution in [0.15, 0.2) is 6.33 Å². The molecule has 2 aliphatic rings. The first-order valence-corrected chi connectivity index (χ1v) is 9.80. The van der Waals surface area contributed by atoms with Gasteiger partial charge in [-0.3, -0.25) is 14.5 Å². The standard InChI is InChI=1S/C19H31N5O2/c1-4-20-19(26)17-9-15(10-24(17)16-7-5-6-8-16)22-18(25)11-23-12-21-13(2)14(23)3/h12,15-17H,4-11H2,1-3H3,(H,20,26)(H,22,25)/t15-,17-/m0/s1. The number of likely N-dealkylation sites (N-methyl/N-ethyl adjacent to an activating group) is 1. The van der Waals surface area contributed by atoms with E-state index in [4.69, 9.17) is 0 Å². The number of aromatic nitrogens is 2. The monoisotopic (exact) mass is 361 g/mol. The maximum atomic E-state index is 12.5. The van der Waals surface area contributed by atoms with E-state index in [1.54, 1.807) is 6.33 Å². The molecule has 7 nitrogen and oxygen atoms in total. The number of nitrogens with zero attached hydrogens (tertiary/aromatic N) is 3. The molecule has 1 aromatic rings. The van der Waals surface area contributed by atoms with Crippen molar-refractivity contribution in [3.8, 4) is 0 Å². The minimum absolute atomic E-state index is 0.0154. The highest BCUT2D eigenvalue weighted by atomic mass is 16.2. The number of carbonyl (C=O) groups excluding carboxylic acids is 2. The minimum Gasteiger partial charge on any atom is -0.355 e. The van der Waals surface area contributed by atoms with Gasteiger partial charge in [0.25, 0.3) is 0 Å². The van der Waals surface area contributed by atoms with Crippen LogP contribution in [0.25, 0.3) is 0 Å². The summed E-state index contributed by atoms with van der Waals surface area (Å²) in [5.74, 6) is 0.0793. The first-order valence-electron chi connectivity index (χ1n) is 9.80. The lowest BCUT2D eigenvalue weighted by atomic mass is 10.1. The van der Waals surface area contributed by atoms with Gasteiger partial charge in [0.1, 0.15) is 6.54 Å². The minimum atomic E-state index is -0.124. The van der Waals surface area contributed by atoms with Gasteiger partial charge in [-0.05, 0) is 40.0 Å². The molecule has 2 N–H and O–H groups in total. The smallest absolute Gasteiger partial charge is 0.240 e. The van der Waals surface area contributed by atoms with E-state index in [1.165, 1.54) is 12.8 Å². The summed E-state index contributed by atoms with van der Waals surface area (Å²) < 4.78 is 1.87. The fourth-order valence-corrected chi connectivity index (χ4v) is 4.29. The molecule has 26 heavy (non-hydrogen) atoms. The van der Waals surface area contributed by atoms with Crippen molar-refractivity contribution in [3.63, 3.8) is 0 Å². The summed E-state index contributed by atoms with van der Waals surface area (Å²) in [7, 11) is 0. The molecule has 7 heteroatoms. The molecular weight excluding hydrogens is 330 g/mol. The number of amides is 2. The third-order valence-electron chi connectivity index (χ3n) is 5.81. The summed E-state index contributed by atoms with van der Waals surface area (Å²) in [4.78, 5) is 31.6. The second-order valence-electron chi connectivity index (χ2n) is 7.59. The molecule has 144 valence electrons. The van der Waals surface area contributed by atoms with Gasteiger partial charge in [0.2, 0.25) is 11.8 Å². The van der Waals surface area contributed by atoms with Crippen LogP contribution in [0.2, 0.25) is 0 Å². The van der Waals surface area contributed by atoms with Crippen LogP contribution in [0.4, 0.5) is 0 Å². The fourth-order valence-electron chi connectivity index (χ4n) is 4.29. The summed E-state index contributed by atoms with van der Waals surface area (Å²) in [5, 5.41) is 6.09. The van der Waals surface area contributed by atoms with Crippen molar-refractivity contribution in [2.45, 2.75) is 77.5 Å². The molecule has 0 spiro atoms. The van der Waals surface area contributed by atoms with Crippen molar-refractivity contribution in [3.05, 3.63) is 17.7 Å². The molecule has 1 saturated carbocycles. The highest BCUT2D eigenvalue weighted by molar-refractivity contribution is 5.82. The van der Waals surface area contributed by atoms with Crippen molar-refractivity contribution in [2.75, 3.05) is 13.1 Å². The number of hydrogen-bond acceptors (Lipinski definition) is 4. The van der Waals surface area contributed by atoms with Crippen LogP contribution >= 0.6 is 0 Å². The van der Waals surface area contributed by atoms with Crippen molar-refractivity contribution >= 4 is 11.8 Å². The predicted molar refractivity (Wildman–Crippen MR) is 99.7 cm³/mol. The summed E-state index contributed by atoms with van der Waals surface area (Å²) in [6, 6.07) is 0.379. The van der Waals surface area contributed by atoms with Crippen LogP contribution in [0.5, 0.6) is 0 Å². The molecule has 2 atom stereocenters. The van der Waals surface area contributed by atoms with Crippen LogP contribution in [-0.4, -0.2) is 57.5 Å². The molecule has 1 aliphatic carbocycles. The number of imidazole rings is 1. The van der Waals surface area contributed by atoms with E-state index in [1.807, 2.05) is 25.3 Å². The van der Waals surface area contributed by atoms with Gasteiger partial charge in [0.15, 0.2) is 0 Å². The number of nitrogens with one attached hydrogen (secondary N) is 2. The number of rotatable bonds is 6. The largest absolute Gasteiger partial charge is 0.355 e. The van der Waals surface area contributed by atoms with Crippen LogP contribution in [0.1, 0.15) is 50.4 Å². The lowest BCUT2D eigenvalue weighted by molar-refractivity contribution is -0.126. The van der Waals surface area contributed by atoms with Gasteiger partial charge in [0, 0.05) is 30.9 Å². The highest BCUT2D eigenvalue weighted by Gasteiger charge is 2.41. The molecule has 1 aromatic heterocycles. The van der Waals surface area contributed by atoms with E-state index in [0.717, 1.165) is 30.8 Å². The molecule has 3 rings (SSSR count). The van der Waals surface area contributed by atoms with Crippen molar-refractivity contribution in [1.82, 2.24) is 25.1 Å². The molecule has 0 unspecified atom stereocenters. The molecule has 0 bridgehead atoms. The van der Waals surface area contributed by atoms with Crippen LogP contribution in [0.3, 0.4) is 0 Å². The SMILES string of the molecule is CCNC(=O)[C@@H]1C[C@H](NC(=O)Cn2cnc(C)c2C)CN1C1CCCC1. The Hall–Kier alpha value is -1.89. The van der Waals surface area contributed by atoms with E-state index in [-0.39, 0.29) is 30.4 Å². The Kier molecular flexibility index (Phi) is 5.96. The van der Waals surface area contributed by atoms with Crippen molar-refractivity contribution in [1.29, 1.82) is 0 Å². The average Bonchev–Trinajstić information content (AvgIpc) is 3.32. The first-order chi connectivity index (χ1) is 12.5. The molecule has 0 aromatic carbocycles. The molecule has 2 amide bonds. The second-order valence-corrected chi connectivity index (χ2v) is 7.59. The maximum absolute atomic E-state index is 12.5. The zero-order valence-electron chi connectivity index (χ0n) is 16.1. The third kappa shape index (κ3) is 4.09. The van der Waals surface area contributed by atoms with E-state index in [0.29, 0.717) is 19.0 Å². The number of likely N-dealkylation sites (tertiary alicyclic amines) is 1. The van der Waals surface area contributed by atoms with E-state index < -0.39 is 0 Å². The third-order valence-corrected chi connectivity index (χ3v) is 5.81. The molecule has 1 aliphatic heterocycles. The molecule has 2 fully saturated rings. The van der Waals surface area contributed by atoms with Crippen molar-refractivity contribution in [2.24, 2.45) is 0 Å². The average molecular weight is 361 g/mol. The summed E-state index contributed by atoms with van der Waals surface area (Å²) in [6.07, 6.45) is 7.19. The fraction of sp³-hybridized carbons (Fsp3) is 0.737. The highest BCUT2D eigenvalue weighted by Crippen LogP contribution is 2.30. The zero-order chi connectivity index (χ0) is 18.7. The molecule has 0 radical (unpaired) electrons. The predicted octanol–water partition coefficient (Wildman–Crippen LogP) is 1.14. The topological polar surface area (TPSA) is 79.3 Å². The second kappa shape index (κ2) is 8.20. The molecular formula is C19H31N5O2. The van der Waals surface area contributed by atoms with Crippen LogP contribution < -0.4 is 10.6 Å². The lowest BCUT2D eigenvalue weighted by Crippen LogP contribution is -2.47. The van der Waals surface area contributed by atoms with Crippen LogP contribution in [-0.2, 0) is 16.1 Å². The van der Waals surface area contributed by atoms with Gasteiger partial charge < -0.3 is 15.2 Å². The summed E-state index contributed by atoms with van der Waals surface area (Å²) in [6.45, 7) is 7.54. The van der Waals surface area contributed by atoms with Crippen LogP contribution in [0, 0.1) is 13.8 Å². The summed E-state index contributed by atoms with van der Waals surface area (Å²) >= 11 is 0. The van der Waals surface area contributed by atoms with E-state index in [2.05, 4.69) is 20.5 Å². The van der Waals surface area contributed by atoms with Gasteiger partial charge in [-0.15, -0.1) is 0 Å². The Morgan fingerprint density at radius 1 is 1.27 bits per heavy atom.